The number of hydrogen-bond donors (Lipinski definition) is 1. The molecule has 1 N–H and O–H groups in total. The molecule has 1 fully saturated rings. The molecule has 2 aromatic carbocycles. The fraction of sp³-hybridized carbons (Fsp3) is 0.538. The molecule has 1 heterocycles. The van der Waals surface area contributed by atoms with Crippen molar-refractivity contribution in [2.75, 3.05) is 7.11 Å². The van der Waals surface area contributed by atoms with Crippen molar-refractivity contribution in [3.63, 3.8) is 0 Å². The fourth-order valence-corrected chi connectivity index (χ4v) is 6.74. The van der Waals surface area contributed by atoms with Crippen LogP contribution in [0.3, 0.4) is 0 Å². The molecule has 3 unspecified atom stereocenters. The van der Waals surface area contributed by atoms with Gasteiger partial charge in [0.1, 0.15) is 12.3 Å². The van der Waals surface area contributed by atoms with Crippen molar-refractivity contribution in [2.45, 2.75) is 76.9 Å². The minimum atomic E-state index is -3.52. The number of nitrogens with one attached hydrogen (secondary N) is 1. The van der Waals surface area contributed by atoms with Crippen LogP contribution in [0.15, 0.2) is 42.5 Å². The molecule has 0 aromatic heterocycles. The van der Waals surface area contributed by atoms with E-state index in [9.17, 15) is 12.8 Å². The van der Waals surface area contributed by atoms with Crippen LogP contribution in [0.4, 0.5) is 4.39 Å². The van der Waals surface area contributed by atoms with Gasteiger partial charge >= 0.3 is 0 Å². The second-order valence-corrected chi connectivity index (χ2v) is 9.96. The van der Waals surface area contributed by atoms with Crippen molar-refractivity contribution < 1.29 is 22.3 Å². The summed E-state index contributed by atoms with van der Waals surface area (Å²) in [6.45, 7) is 8.00. The molecule has 182 valence electrons. The highest BCUT2D eigenvalue weighted by molar-refractivity contribution is 7.88. The lowest BCUT2D eigenvalue weighted by Crippen LogP contribution is -2.52. The molecule has 0 bridgehead atoms. The lowest BCUT2D eigenvalue weighted by atomic mass is 9.65. The van der Waals surface area contributed by atoms with Crippen LogP contribution in [0.2, 0.25) is 0 Å². The molecule has 1 saturated carbocycles. The maximum atomic E-state index is 14.7. The number of ether oxygens (including phenoxy) is 2. The third kappa shape index (κ3) is 5.04. The van der Waals surface area contributed by atoms with Gasteiger partial charge in [-0.25, -0.2) is 17.5 Å². The predicted octanol–water partition coefficient (Wildman–Crippen LogP) is 5.38. The molecule has 0 amide bonds. The second-order valence-electron chi connectivity index (χ2n) is 8.21. The van der Waals surface area contributed by atoms with Gasteiger partial charge in [0.2, 0.25) is 10.0 Å². The van der Waals surface area contributed by atoms with E-state index in [1.807, 2.05) is 70.2 Å². The molecule has 7 heteroatoms. The standard InChI is InChI=1S/C22H24FNO4S.2C2H6/c1-27-18-10-7-14-11-17(24-29(25,26)12-13-5-3-2-4-6-13)15-8-9-16(23)21-20(15)19(14)22(18)28-21;2*1-2/h2-7,10,15-17,20-21,24H,8-9,11-12H2,1H3;2*1-2H3/t15?,16?,17-,20?,21+;;/m0../s1. The lowest BCUT2D eigenvalue weighted by molar-refractivity contribution is 0.0305. The summed E-state index contributed by atoms with van der Waals surface area (Å²) in [5.41, 5.74) is 2.78. The first-order valence-corrected chi connectivity index (χ1v) is 13.7. The normalized spacial score (nSPS) is 26.5. The van der Waals surface area contributed by atoms with E-state index in [0.29, 0.717) is 30.8 Å². The van der Waals surface area contributed by atoms with Gasteiger partial charge in [0.15, 0.2) is 11.5 Å². The monoisotopic (exact) mass is 477 g/mol. The molecule has 5 nitrogen and oxygen atoms in total. The van der Waals surface area contributed by atoms with Crippen LogP contribution in [0.25, 0.3) is 0 Å². The number of hydrogen-bond acceptors (Lipinski definition) is 4. The van der Waals surface area contributed by atoms with E-state index in [1.54, 1.807) is 7.11 Å². The maximum Gasteiger partial charge on any atom is 0.216 e. The van der Waals surface area contributed by atoms with Crippen LogP contribution in [-0.2, 0) is 22.2 Å². The summed E-state index contributed by atoms with van der Waals surface area (Å²) >= 11 is 0. The Morgan fingerprint density at radius 2 is 1.76 bits per heavy atom. The summed E-state index contributed by atoms with van der Waals surface area (Å²) < 4.78 is 54.9. The number of rotatable bonds is 5. The van der Waals surface area contributed by atoms with Crippen molar-refractivity contribution in [3.8, 4) is 11.5 Å². The van der Waals surface area contributed by atoms with E-state index in [1.165, 1.54) is 0 Å². The minimum absolute atomic E-state index is 0.0124. The first kappa shape index (κ1) is 25.5. The zero-order valence-corrected chi connectivity index (χ0v) is 21.0. The molecular formula is C26H36FNO4S. The van der Waals surface area contributed by atoms with Crippen LogP contribution >= 0.6 is 0 Å². The average molecular weight is 478 g/mol. The minimum Gasteiger partial charge on any atom is -0.493 e. The van der Waals surface area contributed by atoms with Crippen molar-refractivity contribution in [2.24, 2.45) is 5.92 Å². The average Bonchev–Trinajstić information content (AvgIpc) is 3.24. The topological polar surface area (TPSA) is 64.6 Å². The zero-order valence-electron chi connectivity index (χ0n) is 20.2. The van der Waals surface area contributed by atoms with Crippen LogP contribution in [-0.4, -0.2) is 33.8 Å². The third-order valence-corrected chi connectivity index (χ3v) is 7.87. The summed E-state index contributed by atoms with van der Waals surface area (Å²) in [5, 5.41) is 0. The Morgan fingerprint density at radius 3 is 2.42 bits per heavy atom. The Kier molecular flexibility index (Phi) is 8.40. The molecule has 0 radical (unpaired) electrons. The first-order valence-electron chi connectivity index (χ1n) is 12.0. The van der Waals surface area contributed by atoms with Gasteiger partial charge < -0.3 is 9.47 Å². The number of benzene rings is 2. The molecule has 3 aliphatic rings. The largest absolute Gasteiger partial charge is 0.493 e. The van der Waals surface area contributed by atoms with E-state index in [4.69, 9.17) is 9.47 Å². The summed E-state index contributed by atoms with van der Waals surface area (Å²) in [7, 11) is -1.94. The van der Waals surface area contributed by atoms with Gasteiger partial charge in [-0.2, -0.15) is 0 Å². The molecule has 1 aliphatic heterocycles. The Hall–Kier alpha value is -2.12. The van der Waals surface area contributed by atoms with Gasteiger partial charge in [-0.05, 0) is 42.4 Å². The zero-order chi connectivity index (χ0) is 24.2. The number of methoxy groups -OCH3 is 1. The van der Waals surface area contributed by atoms with Gasteiger partial charge in [0.25, 0.3) is 0 Å². The Bertz CT molecular complexity index is 1030. The van der Waals surface area contributed by atoms with Crippen molar-refractivity contribution in [3.05, 3.63) is 59.2 Å². The molecule has 0 spiro atoms. The van der Waals surface area contributed by atoms with Gasteiger partial charge in [-0.3, -0.25) is 0 Å². The molecule has 2 aromatic rings. The molecule has 2 aliphatic carbocycles. The molecule has 33 heavy (non-hydrogen) atoms. The van der Waals surface area contributed by atoms with Crippen molar-refractivity contribution in [1.82, 2.24) is 4.72 Å². The van der Waals surface area contributed by atoms with Crippen LogP contribution < -0.4 is 14.2 Å². The van der Waals surface area contributed by atoms with E-state index >= 15 is 0 Å². The van der Waals surface area contributed by atoms with Gasteiger partial charge in [-0.1, -0.05) is 64.1 Å². The van der Waals surface area contributed by atoms with Crippen molar-refractivity contribution in [1.29, 1.82) is 0 Å². The highest BCUT2D eigenvalue weighted by atomic mass is 32.2. The van der Waals surface area contributed by atoms with E-state index < -0.39 is 22.3 Å². The third-order valence-electron chi connectivity index (χ3n) is 6.49. The van der Waals surface area contributed by atoms with Gasteiger partial charge in [0.05, 0.1) is 12.9 Å². The van der Waals surface area contributed by atoms with E-state index in [0.717, 1.165) is 16.7 Å². The van der Waals surface area contributed by atoms with Crippen LogP contribution in [0, 0.1) is 5.92 Å². The second kappa shape index (κ2) is 10.9. The first-order chi connectivity index (χ1) is 16.0. The SMILES string of the molecule is CC.CC.COc1ccc2c3c1O[C@@H]1C(F)CCC(C31)[C@@H](NS(=O)(=O)Cc1ccccc1)C2. The van der Waals surface area contributed by atoms with Crippen LogP contribution in [0.1, 0.15) is 63.1 Å². The summed E-state index contributed by atoms with van der Waals surface area (Å²) in [6, 6.07) is 12.7. The predicted molar refractivity (Wildman–Crippen MR) is 130 cm³/mol. The van der Waals surface area contributed by atoms with Crippen LogP contribution in [0.5, 0.6) is 11.5 Å². The fourth-order valence-electron chi connectivity index (χ4n) is 5.31. The quantitative estimate of drug-likeness (QED) is 0.628. The van der Waals surface area contributed by atoms with Gasteiger partial charge in [0, 0.05) is 17.5 Å². The molecule has 5 atom stereocenters. The summed E-state index contributed by atoms with van der Waals surface area (Å²) in [5.74, 6) is 1.07. The highest BCUT2D eigenvalue weighted by Crippen LogP contribution is 2.57. The Morgan fingerprint density at radius 1 is 1.06 bits per heavy atom. The lowest BCUT2D eigenvalue weighted by Gasteiger charge is -2.43. The van der Waals surface area contributed by atoms with Gasteiger partial charge in [-0.15, -0.1) is 0 Å². The molecular weight excluding hydrogens is 441 g/mol. The summed E-state index contributed by atoms with van der Waals surface area (Å²) in [4.78, 5) is 0. The van der Waals surface area contributed by atoms with Crippen molar-refractivity contribution >= 4 is 10.0 Å². The summed E-state index contributed by atoms with van der Waals surface area (Å²) in [6.07, 6.45) is -0.0235. The number of alkyl halides is 1. The highest BCUT2D eigenvalue weighted by Gasteiger charge is 2.54. The Labute approximate surface area is 197 Å². The smallest absolute Gasteiger partial charge is 0.216 e. The number of halogens is 1. The van der Waals surface area contributed by atoms with E-state index in [-0.39, 0.29) is 23.6 Å². The number of sulfonamides is 1. The maximum absolute atomic E-state index is 14.7. The molecule has 5 rings (SSSR count). The molecule has 0 saturated heterocycles. The Balaban J connectivity index is 0.000000728. The van der Waals surface area contributed by atoms with E-state index in [2.05, 4.69) is 4.72 Å².